The molecular weight excluding hydrogens is 1220 g/mol. The molecule has 0 bridgehead atoms. The van der Waals surface area contributed by atoms with Gasteiger partial charge in [0, 0.05) is 66.4 Å². The van der Waals surface area contributed by atoms with Gasteiger partial charge in [0.1, 0.15) is 5.82 Å². The molecule has 1 aliphatic rings. The number of nitrogens with zero attached hydrogens (tertiary/aromatic N) is 5. The molecule has 0 spiro atoms. The average molecular weight is 1280 g/mol. The number of pyridine rings is 1. The number of benzene rings is 10. The van der Waals surface area contributed by atoms with Crippen LogP contribution in [0, 0.1) is 18.8 Å². The zero-order valence-corrected chi connectivity index (χ0v) is 51.6. The van der Waals surface area contributed by atoms with E-state index in [9.17, 15) is 0 Å². The van der Waals surface area contributed by atoms with Crippen LogP contribution in [0.2, 0.25) is 0 Å². The topological polar surface area (TPSA) is 40.1 Å². The molecule has 7 heteroatoms. The number of para-hydroxylation sites is 5. The Labute approximate surface area is 511 Å². The molecule has 0 amide bonds. The van der Waals surface area contributed by atoms with Crippen LogP contribution in [0.25, 0.3) is 110 Å². The third kappa shape index (κ3) is 8.95. The summed E-state index contributed by atoms with van der Waals surface area (Å²) in [6.07, 6.45) is 1.91. The van der Waals surface area contributed by atoms with Crippen molar-refractivity contribution in [2.75, 3.05) is 4.90 Å². The molecule has 14 aromatic rings. The second kappa shape index (κ2) is 20.0. The number of hydrogen-bond donors (Lipinski definition) is 0. The van der Waals surface area contributed by atoms with Gasteiger partial charge < -0.3 is 23.3 Å². The molecule has 0 radical (unpaired) electrons. The largest absolute Gasteiger partial charge is 0.509 e. The predicted octanol–water partition coefficient (Wildman–Crippen LogP) is 20.9. The summed E-state index contributed by atoms with van der Waals surface area (Å²) < 4.78 is 14.0. The molecule has 0 aliphatic carbocycles. The van der Waals surface area contributed by atoms with Gasteiger partial charge in [0.25, 0.3) is 0 Å². The SMILES string of the molecule is CC(C)(C)c1cc(-c2cccc3c4ccccc4c4cc5c6ccccc6n(-c6ccccc6)c5cc4c4cccc5c4n(c23)[CH-]N5c2[c-]c(Oc3[c-]c4c(cc3)c3ccccc3n4-c3cc(C(C)(C)C)ccn3)ccc2)cc(C(C)(C)C)c1.[Pt]. The number of anilines is 2. The van der Waals surface area contributed by atoms with Crippen LogP contribution in [-0.4, -0.2) is 18.7 Å². The molecule has 15 rings (SSSR count). The van der Waals surface area contributed by atoms with Crippen LogP contribution >= 0.6 is 0 Å². The van der Waals surface area contributed by atoms with E-state index in [2.05, 4.69) is 300 Å². The minimum atomic E-state index is -0.0892. The minimum absolute atomic E-state index is 0. The van der Waals surface area contributed by atoms with Crippen molar-refractivity contribution in [2.24, 2.45) is 0 Å². The molecule has 4 aromatic heterocycles. The molecular formula is C78H64N5OPt-3. The molecule has 0 fully saturated rings. The molecule has 1 aliphatic heterocycles. The zero-order chi connectivity index (χ0) is 57.4. The van der Waals surface area contributed by atoms with Crippen molar-refractivity contribution in [1.29, 1.82) is 0 Å². The van der Waals surface area contributed by atoms with Gasteiger partial charge in [-0.25, -0.2) is 4.98 Å². The first-order valence-electron chi connectivity index (χ1n) is 29.3. The molecule has 420 valence electrons. The van der Waals surface area contributed by atoms with Crippen molar-refractivity contribution in [2.45, 2.75) is 78.6 Å². The number of aromatic nitrogens is 4. The van der Waals surface area contributed by atoms with E-state index in [1.54, 1.807) is 0 Å². The van der Waals surface area contributed by atoms with Gasteiger partial charge in [-0.3, -0.25) is 0 Å². The summed E-state index contributed by atoms with van der Waals surface area (Å²) in [5, 5.41) is 11.6. The minimum Gasteiger partial charge on any atom is -0.509 e. The van der Waals surface area contributed by atoms with Gasteiger partial charge >= 0.3 is 0 Å². The summed E-state index contributed by atoms with van der Waals surface area (Å²) in [5.74, 6) is 2.01. The van der Waals surface area contributed by atoms with E-state index in [4.69, 9.17) is 9.72 Å². The first-order valence-corrected chi connectivity index (χ1v) is 29.3. The van der Waals surface area contributed by atoms with E-state index in [1.165, 1.54) is 49.3 Å². The third-order valence-electron chi connectivity index (χ3n) is 17.3. The van der Waals surface area contributed by atoms with Crippen molar-refractivity contribution in [3.05, 3.63) is 254 Å². The third-order valence-corrected chi connectivity index (χ3v) is 17.3. The summed E-state index contributed by atoms with van der Waals surface area (Å²) >= 11 is 0. The van der Waals surface area contributed by atoms with E-state index >= 15 is 0 Å². The van der Waals surface area contributed by atoms with Crippen LogP contribution in [0.5, 0.6) is 11.5 Å². The first kappa shape index (κ1) is 53.9. The monoisotopic (exact) mass is 1280 g/mol. The molecule has 6 nitrogen and oxygen atoms in total. The molecule has 0 unspecified atom stereocenters. The molecule has 0 N–H and O–H groups in total. The van der Waals surface area contributed by atoms with E-state index < -0.39 is 0 Å². The van der Waals surface area contributed by atoms with E-state index in [-0.39, 0.29) is 37.3 Å². The second-order valence-corrected chi connectivity index (χ2v) is 25.8. The Hall–Kier alpha value is -9.09. The Morgan fingerprint density at radius 3 is 1.69 bits per heavy atom. The first-order chi connectivity index (χ1) is 40.5. The zero-order valence-electron chi connectivity index (χ0n) is 49.3. The van der Waals surface area contributed by atoms with Crippen molar-refractivity contribution < 1.29 is 25.8 Å². The molecule has 0 atom stereocenters. The van der Waals surface area contributed by atoms with Crippen LogP contribution < -0.4 is 9.64 Å². The van der Waals surface area contributed by atoms with Crippen LogP contribution in [0.4, 0.5) is 11.4 Å². The normalized spacial score (nSPS) is 12.7. The molecule has 85 heavy (non-hydrogen) atoms. The number of hydrogen-bond acceptors (Lipinski definition) is 3. The maximum absolute atomic E-state index is 6.89. The average Bonchev–Trinajstić information content (AvgIpc) is 1.79. The van der Waals surface area contributed by atoms with Crippen LogP contribution in [0.3, 0.4) is 0 Å². The van der Waals surface area contributed by atoms with Gasteiger partial charge in [0.15, 0.2) is 0 Å². The summed E-state index contributed by atoms with van der Waals surface area (Å²) in [4.78, 5) is 7.23. The van der Waals surface area contributed by atoms with E-state index in [1.807, 2.05) is 18.3 Å². The van der Waals surface area contributed by atoms with Gasteiger partial charge in [-0.1, -0.05) is 201 Å². The van der Waals surface area contributed by atoms with E-state index in [0.29, 0.717) is 11.5 Å². The molecule has 10 aromatic carbocycles. The van der Waals surface area contributed by atoms with Crippen molar-refractivity contribution in [1.82, 2.24) is 18.7 Å². The standard InChI is InChI=1S/C78H64N5O.Pt/c1-76(2,3)50-38-39-79-73(43-50)83-69-34-18-15-28-60(69)62-37-36-56(45-71(62)83)84-55-25-19-24-54(44-55)80-48-81-74-57(49-40-51(77(4,5)6)42-52(41-49)78(7,8)9)30-20-31-63(74)58-26-13-14-27-59(58)65-46-67-61-29-16-17-33-68(61)82(53-22-11-10-12-23-53)72(67)47-66(65)64-32-21-35-70(80)75(64)81;/h10-43,46-48H,1-9H3;/q-3;. The Bertz CT molecular complexity index is 5070. The van der Waals surface area contributed by atoms with Gasteiger partial charge in [-0.15, -0.1) is 35.7 Å². The van der Waals surface area contributed by atoms with Gasteiger partial charge in [0.05, 0.1) is 11.0 Å². The van der Waals surface area contributed by atoms with Crippen LogP contribution in [-0.2, 0) is 37.3 Å². The van der Waals surface area contributed by atoms with Crippen LogP contribution in [0.15, 0.2) is 219 Å². The fourth-order valence-corrected chi connectivity index (χ4v) is 12.9. The smallest absolute Gasteiger partial charge is 0.135 e. The maximum Gasteiger partial charge on any atom is 0.135 e. The predicted molar refractivity (Wildman–Crippen MR) is 353 cm³/mol. The fraction of sp³-hybridized carbons (Fsp3) is 0.154. The summed E-state index contributed by atoms with van der Waals surface area (Å²) in [5.41, 5.74) is 15.4. The van der Waals surface area contributed by atoms with Gasteiger partial charge in [0.2, 0.25) is 0 Å². The van der Waals surface area contributed by atoms with Crippen molar-refractivity contribution >= 4 is 98.3 Å². The maximum atomic E-state index is 6.89. The van der Waals surface area contributed by atoms with Crippen LogP contribution in [0.1, 0.15) is 79.0 Å². The summed E-state index contributed by atoms with van der Waals surface area (Å²) in [6.45, 7) is 22.9. The number of fused-ring (bicyclic) bond motifs is 13. The van der Waals surface area contributed by atoms with Gasteiger partial charge in [-0.05, 0) is 154 Å². The number of rotatable bonds is 6. The van der Waals surface area contributed by atoms with Crippen molar-refractivity contribution in [3.63, 3.8) is 0 Å². The molecule has 0 saturated heterocycles. The Kier molecular flexibility index (Phi) is 12.7. The summed E-state index contributed by atoms with van der Waals surface area (Å²) in [7, 11) is 0. The Balaban J connectivity index is 0.00000640. The molecule has 0 saturated carbocycles. The van der Waals surface area contributed by atoms with Crippen molar-refractivity contribution in [3.8, 4) is 34.1 Å². The summed E-state index contributed by atoms with van der Waals surface area (Å²) in [6, 6.07) is 85.2. The quantitative estimate of drug-likeness (QED) is 0.156. The Morgan fingerprint density at radius 1 is 0.412 bits per heavy atom. The molecule has 5 heterocycles. The number of ether oxygens (including phenoxy) is 1. The second-order valence-electron chi connectivity index (χ2n) is 25.8. The van der Waals surface area contributed by atoms with E-state index in [0.717, 1.165) is 88.3 Å². The fourth-order valence-electron chi connectivity index (χ4n) is 12.9. The Morgan fingerprint density at radius 2 is 0.988 bits per heavy atom. The van der Waals surface area contributed by atoms with Gasteiger partial charge in [-0.2, -0.15) is 12.1 Å².